The number of hydrogen-bond donors (Lipinski definition) is 1. The first-order valence-electron chi connectivity index (χ1n) is 5.39. The van der Waals surface area contributed by atoms with Gasteiger partial charge < -0.3 is 9.72 Å². The van der Waals surface area contributed by atoms with Crippen LogP contribution < -0.4 is 0 Å². The number of H-pyrrole nitrogens is 1. The smallest absolute Gasteiger partial charge is 0.311 e. The molecule has 0 fully saturated rings. The van der Waals surface area contributed by atoms with Crippen LogP contribution in [0.1, 0.15) is 12.6 Å². The molecule has 0 aliphatic carbocycles. The first-order chi connectivity index (χ1) is 8.29. The Morgan fingerprint density at radius 3 is 3.06 bits per heavy atom. The molecule has 5 nitrogen and oxygen atoms in total. The van der Waals surface area contributed by atoms with E-state index >= 15 is 0 Å². The summed E-state index contributed by atoms with van der Waals surface area (Å²) in [5.74, 6) is 0.450. The van der Waals surface area contributed by atoms with E-state index in [4.69, 9.17) is 4.74 Å². The van der Waals surface area contributed by atoms with Crippen molar-refractivity contribution >= 4 is 5.97 Å². The Hall–Kier alpha value is -2.17. The van der Waals surface area contributed by atoms with Gasteiger partial charge in [0.2, 0.25) is 0 Å². The highest BCUT2D eigenvalue weighted by atomic mass is 16.5. The Balaban J connectivity index is 2.09. The zero-order valence-electron chi connectivity index (χ0n) is 9.51. The Bertz CT molecular complexity index is 493. The van der Waals surface area contributed by atoms with Crippen molar-refractivity contribution in [2.24, 2.45) is 0 Å². The van der Waals surface area contributed by atoms with Gasteiger partial charge >= 0.3 is 5.97 Å². The molecule has 88 valence electrons. The minimum absolute atomic E-state index is 0.209. The van der Waals surface area contributed by atoms with Gasteiger partial charge in [-0.1, -0.05) is 0 Å². The van der Waals surface area contributed by atoms with E-state index in [2.05, 4.69) is 15.0 Å². The molecule has 2 heterocycles. The number of ether oxygens (including phenoxy) is 1. The predicted molar refractivity (Wildman–Crippen MR) is 62.2 cm³/mol. The highest BCUT2D eigenvalue weighted by molar-refractivity contribution is 5.72. The van der Waals surface area contributed by atoms with E-state index in [-0.39, 0.29) is 12.4 Å². The quantitative estimate of drug-likeness (QED) is 0.811. The first-order valence-corrected chi connectivity index (χ1v) is 5.39. The van der Waals surface area contributed by atoms with Crippen molar-refractivity contribution < 1.29 is 9.53 Å². The molecule has 0 aliphatic rings. The van der Waals surface area contributed by atoms with Gasteiger partial charge in [-0.15, -0.1) is 0 Å². The molecule has 2 rings (SSSR count). The number of nitrogens with one attached hydrogen (secondary N) is 1. The summed E-state index contributed by atoms with van der Waals surface area (Å²) in [6, 6.07) is 3.74. The van der Waals surface area contributed by atoms with Crippen LogP contribution in [-0.2, 0) is 16.0 Å². The summed E-state index contributed by atoms with van der Waals surface area (Å²) in [6.07, 6.45) is 5.26. The van der Waals surface area contributed by atoms with E-state index in [9.17, 15) is 4.79 Å². The van der Waals surface area contributed by atoms with Gasteiger partial charge in [0.05, 0.1) is 13.0 Å². The van der Waals surface area contributed by atoms with Gasteiger partial charge in [-0.2, -0.15) is 0 Å². The lowest BCUT2D eigenvalue weighted by Crippen LogP contribution is -2.07. The molecule has 0 aromatic carbocycles. The van der Waals surface area contributed by atoms with Crippen molar-refractivity contribution in [1.29, 1.82) is 0 Å². The SMILES string of the molecule is CCOC(=O)Cc1cnc(-c2cccnc2)[nH]1. The minimum atomic E-state index is -0.256. The molecule has 0 aliphatic heterocycles. The van der Waals surface area contributed by atoms with E-state index in [1.165, 1.54) is 0 Å². The fourth-order valence-corrected chi connectivity index (χ4v) is 1.47. The molecule has 0 saturated heterocycles. The maximum Gasteiger partial charge on any atom is 0.311 e. The first kappa shape index (κ1) is 11.3. The Labute approximate surface area is 98.9 Å². The van der Waals surface area contributed by atoms with E-state index < -0.39 is 0 Å². The second kappa shape index (κ2) is 5.25. The summed E-state index contributed by atoms with van der Waals surface area (Å²) in [6.45, 7) is 2.17. The molecule has 0 amide bonds. The normalized spacial score (nSPS) is 10.2. The lowest BCUT2D eigenvalue weighted by Gasteiger charge is -1.98. The fraction of sp³-hybridized carbons (Fsp3) is 0.250. The van der Waals surface area contributed by atoms with Crippen molar-refractivity contribution in [3.63, 3.8) is 0 Å². The fourth-order valence-electron chi connectivity index (χ4n) is 1.47. The number of esters is 1. The lowest BCUT2D eigenvalue weighted by atomic mass is 10.3. The zero-order chi connectivity index (χ0) is 12.1. The van der Waals surface area contributed by atoms with Gasteiger partial charge in [-0.3, -0.25) is 9.78 Å². The average Bonchev–Trinajstić information content (AvgIpc) is 2.79. The van der Waals surface area contributed by atoms with Gasteiger partial charge in [-0.25, -0.2) is 4.98 Å². The van der Waals surface area contributed by atoms with Crippen LogP contribution in [-0.4, -0.2) is 27.5 Å². The minimum Gasteiger partial charge on any atom is -0.466 e. The van der Waals surface area contributed by atoms with Crippen LogP contribution in [0.2, 0.25) is 0 Å². The van der Waals surface area contributed by atoms with Crippen molar-refractivity contribution in [2.75, 3.05) is 6.61 Å². The molecule has 0 atom stereocenters. The van der Waals surface area contributed by atoms with Crippen LogP contribution in [0.3, 0.4) is 0 Å². The number of aromatic nitrogens is 3. The molecule has 2 aromatic rings. The Kier molecular flexibility index (Phi) is 3.49. The molecule has 0 radical (unpaired) electrons. The van der Waals surface area contributed by atoms with Gasteiger partial charge in [0.15, 0.2) is 0 Å². The van der Waals surface area contributed by atoms with Crippen molar-refractivity contribution in [3.8, 4) is 11.4 Å². The van der Waals surface area contributed by atoms with E-state index in [0.29, 0.717) is 12.4 Å². The van der Waals surface area contributed by atoms with Crippen LogP contribution >= 0.6 is 0 Å². The summed E-state index contributed by atoms with van der Waals surface area (Å²) < 4.78 is 4.86. The average molecular weight is 231 g/mol. The number of carbonyl (C=O) groups excluding carboxylic acids is 1. The molecular weight excluding hydrogens is 218 g/mol. The van der Waals surface area contributed by atoms with E-state index in [1.807, 2.05) is 12.1 Å². The molecule has 5 heteroatoms. The lowest BCUT2D eigenvalue weighted by molar-refractivity contribution is -0.142. The molecule has 17 heavy (non-hydrogen) atoms. The second-order valence-electron chi connectivity index (χ2n) is 3.48. The van der Waals surface area contributed by atoms with Crippen LogP contribution in [0.5, 0.6) is 0 Å². The number of aromatic amines is 1. The number of hydrogen-bond acceptors (Lipinski definition) is 4. The maximum atomic E-state index is 11.3. The van der Waals surface area contributed by atoms with Gasteiger partial charge in [0, 0.05) is 29.8 Å². The summed E-state index contributed by atoms with van der Waals surface area (Å²) in [5, 5.41) is 0. The zero-order valence-corrected chi connectivity index (χ0v) is 9.51. The number of nitrogens with zero attached hydrogens (tertiary/aromatic N) is 2. The van der Waals surface area contributed by atoms with Crippen molar-refractivity contribution in [3.05, 3.63) is 36.4 Å². The highest BCUT2D eigenvalue weighted by Crippen LogP contribution is 2.13. The van der Waals surface area contributed by atoms with Gasteiger partial charge in [-0.05, 0) is 19.1 Å². The number of rotatable bonds is 4. The third-order valence-electron chi connectivity index (χ3n) is 2.20. The largest absolute Gasteiger partial charge is 0.466 e. The Morgan fingerprint density at radius 1 is 1.47 bits per heavy atom. The Morgan fingerprint density at radius 2 is 2.35 bits per heavy atom. The summed E-state index contributed by atoms with van der Waals surface area (Å²) in [5.41, 5.74) is 1.63. The molecular formula is C12H13N3O2. The van der Waals surface area contributed by atoms with Crippen LogP contribution in [0, 0.1) is 0 Å². The number of carbonyl (C=O) groups is 1. The van der Waals surface area contributed by atoms with Crippen LogP contribution in [0.4, 0.5) is 0 Å². The van der Waals surface area contributed by atoms with Crippen LogP contribution in [0.25, 0.3) is 11.4 Å². The summed E-state index contributed by atoms with van der Waals surface area (Å²) >= 11 is 0. The molecule has 0 saturated carbocycles. The number of imidazole rings is 1. The highest BCUT2D eigenvalue weighted by Gasteiger charge is 2.08. The third kappa shape index (κ3) is 2.90. The molecule has 0 unspecified atom stereocenters. The molecule has 1 N–H and O–H groups in total. The second-order valence-corrected chi connectivity index (χ2v) is 3.48. The molecule has 0 bridgehead atoms. The van der Waals surface area contributed by atoms with Crippen LogP contribution in [0.15, 0.2) is 30.7 Å². The standard InChI is InChI=1S/C12H13N3O2/c1-2-17-11(16)6-10-8-14-12(15-10)9-4-3-5-13-7-9/h3-5,7-8H,2,6H2,1H3,(H,14,15). The molecule has 2 aromatic heterocycles. The van der Waals surface area contributed by atoms with Gasteiger partial charge in [0.1, 0.15) is 5.82 Å². The number of pyridine rings is 1. The maximum absolute atomic E-state index is 11.3. The van der Waals surface area contributed by atoms with Gasteiger partial charge in [0.25, 0.3) is 0 Å². The summed E-state index contributed by atoms with van der Waals surface area (Å²) in [7, 11) is 0. The third-order valence-corrected chi connectivity index (χ3v) is 2.20. The van der Waals surface area contributed by atoms with E-state index in [0.717, 1.165) is 11.3 Å². The topological polar surface area (TPSA) is 67.9 Å². The monoisotopic (exact) mass is 231 g/mol. The predicted octanol–water partition coefficient (Wildman–Crippen LogP) is 1.58. The van der Waals surface area contributed by atoms with Crippen molar-refractivity contribution in [1.82, 2.24) is 15.0 Å². The molecule has 0 spiro atoms. The van der Waals surface area contributed by atoms with Crippen molar-refractivity contribution in [2.45, 2.75) is 13.3 Å². The summed E-state index contributed by atoms with van der Waals surface area (Å²) in [4.78, 5) is 22.5. The van der Waals surface area contributed by atoms with E-state index in [1.54, 1.807) is 25.5 Å².